The van der Waals surface area contributed by atoms with Gasteiger partial charge in [-0.3, -0.25) is 4.98 Å². The summed E-state index contributed by atoms with van der Waals surface area (Å²) in [6.07, 6.45) is 2.61. The van der Waals surface area contributed by atoms with Crippen molar-refractivity contribution in [1.82, 2.24) is 15.3 Å². The highest BCUT2D eigenvalue weighted by Gasteiger charge is 2.17. The molecule has 2 rings (SSSR count). The molecular weight excluding hydrogens is 246 g/mol. The van der Waals surface area contributed by atoms with Gasteiger partial charge in [-0.15, -0.1) is 11.3 Å². The van der Waals surface area contributed by atoms with Crippen LogP contribution >= 0.6 is 11.3 Å². The van der Waals surface area contributed by atoms with Gasteiger partial charge in [0.05, 0.1) is 23.9 Å². The third kappa shape index (κ3) is 2.86. The molecular formula is C13H17N3OS. The molecule has 2 aromatic rings. The second-order valence-electron chi connectivity index (χ2n) is 4.02. The van der Waals surface area contributed by atoms with Crippen LogP contribution in [0, 0.1) is 6.92 Å². The molecule has 0 spiro atoms. The summed E-state index contributed by atoms with van der Waals surface area (Å²) in [6.45, 7) is 2.01. The van der Waals surface area contributed by atoms with Gasteiger partial charge in [0, 0.05) is 23.7 Å². The second kappa shape index (κ2) is 5.93. The molecule has 1 atom stereocenters. The molecule has 0 aliphatic heterocycles. The smallest absolute Gasteiger partial charge is 0.141 e. The minimum Gasteiger partial charge on any atom is -0.495 e. The SMILES string of the molecule is CNC(Cc1nc(C)cs1)c1ncccc1OC. The molecule has 0 aromatic carbocycles. The molecule has 0 amide bonds. The number of nitrogens with one attached hydrogen (secondary N) is 1. The maximum atomic E-state index is 5.35. The summed E-state index contributed by atoms with van der Waals surface area (Å²) in [5.41, 5.74) is 1.99. The Kier molecular flexibility index (Phi) is 4.28. The lowest BCUT2D eigenvalue weighted by molar-refractivity contribution is 0.396. The summed E-state index contributed by atoms with van der Waals surface area (Å²) in [7, 11) is 3.60. The van der Waals surface area contributed by atoms with E-state index in [1.165, 1.54) is 0 Å². The largest absolute Gasteiger partial charge is 0.495 e. The van der Waals surface area contributed by atoms with Crippen LogP contribution in [0.4, 0.5) is 0 Å². The summed E-state index contributed by atoms with van der Waals surface area (Å²) in [5.74, 6) is 0.810. The minimum absolute atomic E-state index is 0.117. The van der Waals surface area contributed by atoms with Crippen LogP contribution in [0.2, 0.25) is 0 Å². The van der Waals surface area contributed by atoms with E-state index in [1.54, 1.807) is 24.6 Å². The molecule has 1 N–H and O–H groups in total. The van der Waals surface area contributed by atoms with Gasteiger partial charge in [0.1, 0.15) is 5.75 Å². The molecule has 2 heterocycles. The van der Waals surface area contributed by atoms with Gasteiger partial charge in [0.2, 0.25) is 0 Å². The van der Waals surface area contributed by atoms with E-state index in [0.29, 0.717) is 0 Å². The minimum atomic E-state index is 0.117. The number of ether oxygens (including phenoxy) is 1. The van der Waals surface area contributed by atoms with E-state index in [4.69, 9.17) is 4.74 Å². The predicted octanol–water partition coefficient (Wildman–Crippen LogP) is 2.36. The molecule has 0 radical (unpaired) electrons. The first-order valence-electron chi connectivity index (χ1n) is 5.81. The lowest BCUT2D eigenvalue weighted by atomic mass is 10.1. The molecule has 2 aromatic heterocycles. The van der Waals surface area contributed by atoms with Crippen LogP contribution in [-0.4, -0.2) is 24.1 Å². The Labute approximate surface area is 111 Å². The highest BCUT2D eigenvalue weighted by atomic mass is 32.1. The summed E-state index contributed by atoms with van der Waals surface area (Å²) < 4.78 is 5.35. The number of likely N-dealkylation sites (N-methyl/N-ethyl adjacent to an activating group) is 1. The van der Waals surface area contributed by atoms with E-state index in [9.17, 15) is 0 Å². The van der Waals surface area contributed by atoms with E-state index in [-0.39, 0.29) is 6.04 Å². The number of thiazole rings is 1. The third-order valence-electron chi connectivity index (χ3n) is 2.74. The van der Waals surface area contributed by atoms with Gasteiger partial charge in [0.15, 0.2) is 0 Å². The molecule has 96 valence electrons. The van der Waals surface area contributed by atoms with Crippen molar-refractivity contribution in [2.24, 2.45) is 0 Å². The fourth-order valence-electron chi connectivity index (χ4n) is 1.84. The van der Waals surface area contributed by atoms with Gasteiger partial charge < -0.3 is 10.1 Å². The van der Waals surface area contributed by atoms with Crippen molar-refractivity contribution in [3.63, 3.8) is 0 Å². The third-order valence-corrected chi connectivity index (χ3v) is 3.73. The van der Waals surface area contributed by atoms with Crippen molar-refractivity contribution in [1.29, 1.82) is 0 Å². The van der Waals surface area contributed by atoms with Gasteiger partial charge in [-0.1, -0.05) is 0 Å². The van der Waals surface area contributed by atoms with Crippen LogP contribution in [0.15, 0.2) is 23.7 Å². The summed E-state index contributed by atoms with van der Waals surface area (Å²) >= 11 is 1.68. The van der Waals surface area contributed by atoms with Crippen molar-refractivity contribution < 1.29 is 4.74 Å². The van der Waals surface area contributed by atoms with Gasteiger partial charge in [-0.25, -0.2) is 4.98 Å². The number of aromatic nitrogens is 2. The van der Waals surface area contributed by atoms with Crippen LogP contribution in [0.1, 0.15) is 22.4 Å². The molecule has 0 saturated carbocycles. The zero-order valence-corrected chi connectivity index (χ0v) is 11.6. The van der Waals surface area contributed by atoms with Crippen LogP contribution in [0.3, 0.4) is 0 Å². The number of aryl methyl sites for hydroxylation is 1. The molecule has 0 aliphatic carbocycles. The van der Waals surface area contributed by atoms with E-state index in [1.807, 2.05) is 26.1 Å². The number of hydrogen-bond acceptors (Lipinski definition) is 5. The number of rotatable bonds is 5. The number of methoxy groups -OCH3 is 1. The van der Waals surface area contributed by atoms with Crippen molar-refractivity contribution in [3.05, 3.63) is 40.1 Å². The zero-order chi connectivity index (χ0) is 13.0. The number of hydrogen-bond donors (Lipinski definition) is 1. The average Bonchev–Trinajstić information content (AvgIpc) is 2.81. The Morgan fingerprint density at radius 2 is 2.33 bits per heavy atom. The summed E-state index contributed by atoms with van der Waals surface area (Å²) in [5, 5.41) is 6.45. The zero-order valence-electron chi connectivity index (χ0n) is 10.8. The second-order valence-corrected chi connectivity index (χ2v) is 4.96. The number of pyridine rings is 1. The number of nitrogens with zero attached hydrogens (tertiary/aromatic N) is 2. The normalized spacial score (nSPS) is 12.4. The molecule has 0 bridgehead atoms. The van der Waals surface area contributed by atoms with Gasteiger partial charge in [-0.05, 0) is 26.1 Å². The molecule has 0 fully saturated rings. The average molecular weight is 263 g/mol. The predicted molar refractivity (Wildman–Crippen MR) is 73.1 cm³/mol. The molecule has 5 heteroatoms. The Morgan fingerprint density at radius 3 is 2.94 bits per heavy atom. The van der Waals surface area contributed by atoms with Crippen molar-refractivity contribution in [2.75, 3.05) is 14.2 Å². The summed E-state index contributed by atoms with van der Waals surface area (Å²) in [4.78, 5) is 8.90. The Balaban J connectivity index is 2.22. The first-order valence-corrected chi connectivity index (χ1v) is 6.69. The lowest BCUT2D eigenvalue weighted by Gasteiger charge is -2.16. The van der Waals surface area contributed by atoms with E-state index < -0.39 is 0 Å². The first-order chi connectivity index (χ1) is 8.74. The summed E-state index contributed by atoms with van der Waals surface area (Å²) in [6, 6.07) is 3.93. The first kappa shape index (κ1) is 13.0. The topological polar surface area (TPSA) is 47.0 Å². The van der Waals surface area contributed by atoms with Crippen LogP contribution < -0.4 is 10.1 Å². The van der Waals surface area contributed by atoms with Crippen molar-refractivity contribution in [3.8, 4) is 5.75 Å². The maximum Gasteiger partial charge on any atom is 0.141 e. The van der Waals surface area contributed by atoms with Crippen LogP contribution in [-0.2, 0) is 6.42 Å². The van der Waals surface area contributed by atoms with Gasteiger partial charge in [0.25, 0.3) is 0 Å². The lowest BCUT2D eigenvalue weighted by Crippen LogP contribution is -2.20. The van der Waals surface area contributed by atoms with E-state index in [0.717, 1.165) is 28.6 Å². The monoisotopic (exact) mass is 263 g/mol. The van der Waals surface area contributed by atoms with E-state index >= 15 is 0 Å². The van der Waals surface area contributed by atoms with Crippen molar-refractivity contribution >= 4 is 11.3 Å². The highest BCUT2D eigenvalue weighted by Crippen LogP contribution is 2.25. The van der Waals surface area contributed by atoms with Crippen molar-refractivity contribution in [2.45, 2.75) is 19.4 Å². The molecule has 4 nitrogen and oxygen atoms in total. The fourth-order valence-corrected chi connectivity index (χ4v) is 2.66. The molecule has 1 unspecified atom stereocenters. The van der Waals surface area contributed by atoms with Crippen LogP contribution in [0.25, 0.3) is 0 Å². The standard InChI is InChI=1S/C13H17N3OS/c1-9-8-18-12(16-9)7-10(14-2)13-11(17-3)5-4-6-15-13/h4-6,8,10,14H,7H2,1-3H3. The Bertz CT molecular complexity index is 512. The molecule has 0 aliphatic rings. The highest BCUT2D eigenvalue weighted by molar-refractivity contribution is 7.09. The van der Waals surface area contributed by atoms with Gasteiger partial charge >= 0.3 is 0 Å². The fraction of sp³-hybridized carbons (Fsp3) is 0.385. The molecule has 18 heavy (non-hydrogen) atoms. The van der Waals surface area contributed by atoms with Crippen LogP contribution in [0.5, 0.6) is 5.75 Å². The Hall–Kier alpha value is -1.46. The maximum absolute atomic E-state index is 5.35. The molecule has 0 saturated heterocycles. The van der Waals surface area contributed by atoms with Gasteiger partial charge in [-0.2, -0.15) is 0 Å². The van der Waals surface area contributed by atoms with E-state index in [2.05, 4.69) is 20.7 Å². The Morgan fingerprint density at radius 1 is 1.50 bits per heavy atom. The quantitative estimate of drug-likeness (QED) is 0.899.